The van der Waals surface area contributed by atoms with E-state index in [4.69, 9.17) is 4.74 Å². The first kappa shape index (κ1) is 13.7. The zero-order chi connectivity index (χ0) is 12.1. The fourth-order valence-electron chi connectivity index (χ4n) is 2.43. The van der Waals surface area contributed by atoms with Crippen LogP contribution < -0.4 is 0 Å². The number of halogens is 1. The number of alkyl halides is 1. The van der Waals surface area contributed by atoms with Gasteiger partial charge in [0, 0.05) is 18.3 Å². The second-order valence-electron chi connectivity index (χ2n) is 4.73. The molecular formula is C12H20BrNO2S. The number of thioether (sulfide) groups is 1. The highest BCUT2D eigenvalue weighted by atomic mass is 79.9. The number of morpholine rings is 1. The molecule has 1 atom stereocenters. The second-order valence-corrected chi connectivity index (χ2v) is 6.60. The van der Waals surface area contributed by atoms with Crippen LogP contribution in [-0.4, -0.2) is 53.4 Å². The standard InChI is InChI=1S/C12H20BrNO2S/c13-8-11-9-16-4-3-14(11)12(15)7-10-1-5-17-6-2-10/h10-11H,1-9H2. The fraction of sp³-hybridized carbons (Fsp3) is 0.917. The van der Waals surface area contributed by atoms with Crippen molar-refractivity contribution in [1.29, 1.82) is 0 Å². The van der Waals surface area contributed by atoms with Gasteiger partial charge in [-0.15, -0.1) is 0 Å². The Kier molecular flexibility index (Phi) is 5.63. The SMILES string of the molecule is O=C(CC1CCSCC1)N1CCOCC1CBr. The molecule has 0 N–H and O–H groups in total. The summed E-state index contributed by atoms with van der Waals surface area (Å²) in [6.07, 6.45) is 3.16. The Hall–Kier alpha value is 0.260. The molecule has 1 amide bonds. The number of amides is 1. The molecule has 0 aromatic heterocycles. The van der Waals surface area contributed by atoms with Crippen molar-refractivity contribution in [3.05, 3.63) is 0 Å². The number of rotatable bonds is 3. The number of hydrogen-bond donors (Lipinski definition) is 0. The van der Waals surface area contributed by atoms with Gasteiger partial charge in [0.25, 0.3) is 0 Å². The van der Waals surface area contributed by atoms with E-state index in [0.717, 1.165) is 18.3 Å². The maximum Gasteiger partial charge on any atom is 0.223 e. The van der Waals surface area contributed by atoms with Gasteiger partial charge in [0.05, 0.1) is 19.3 Å². The first-order valence-electron chi connectivity index (χ1n) is 6.32. The molecule has 0 radical (unpaired) electrons. The molecule has 2 aliphatic rings. The summed E-state index contributed by atoms with van der Waals surface area (Å²) < 4.78 is 5.42. The molecule has 3 nitrogen and oxygen atoms in total. The smallest absolute Gasteiger partial charge is 0.223 e. The van der Waals surface area contributed by atoms with Crippen molar-refractivity contribution < 1.29 is 9.53 Å². The van der Waals surface area contributed by atoms with Crippen LogP contribution in [0.5, 0.6) is 0 Å². The van der Waals surface area contributed by atoms with Gasteiger partial charge in [-0.3, -0.25) is 4.79 Å². The van der Waals surface area contributed by atoms with Crippen molar-refractivity contribution in [1.82, 2.24) is 4.90 Å². The van der Waals surface area contributed by atoms with Gasteiger partial charge in [-0.05, 0) is 30.3 Å². The molecule has 0 aromatic carbocycles. The molecule has 98 valence electrons. The van der Waals surface area contributed by atoms with E-state index in [9.17, 15) is 4.79 Å². The zero-order valence-electron chi connectivity index (χ0n) is 10.1. The maximum absolute atomic E-state index is 12.3. The van der Waals surface area contributed by atoms with Crippen LogP contribution in [0.15, 0.2) is 0 Å². The molecule has 2 aliphatic heterocycles. The molecule has 0 spiro atoms. The lowest BCUT2D eigenvalue weighted by Gasteiger charge is -2.35. The third kappa shape index (κ3) is 3.86. The van der Waals surface area contributed by atoms with Crippen LogP contribution in [0.25, 0.3) is 0 Å². The van der Waals surface area contributed by atoms with Crippen molar-refractivity contribution >= 4 is 33.6 Å². The van der Waals surface area contributed by atoms with Gasteiger partial charge >= 0.3 is 0 Å². The third-order valence-electron chi connectivity index (χ3n) is 3.53. The van der Waals surface area contributed by atoms with Gasteiger partial charge < -0.3 is 9.64 Å². The molecule has 0 bridgehead atoms. The summed E-state index contributed by atoms with van der Waals surface area (Å²) in [5.41, 5.74) is 0. The summed E-state index contributed by atoms with van der Waals surface area (Å²) in [5.74, 6) is 3.39. The van der Waals surface area contributed by atoms with Crippen LogP contribution in [0, 0.1) is 5.92 Å². The van der Waals surface area contributed by atoms with Crippen LogP contribution in [0.2, 0.25) is 0 Å². The van der Waals surface area contributed by atoms with E-state index in [1.54, 1.807) is 0 Å². The fourth-order valence-corrected chi connectivity index (χ4v) is 4.17. The van der Waals surface area contributed by atoms with Gasteiger partial charge in [0.2, 0.25) is 5.91 Å². The van der Waals surface area contributed by atoms with E-state index >= 15 is 0 Å². The van der Waals surface area contributed by atoms with Crippen LogP contribution in [-0.2, 0) is 9.53 Å². The molecule has 2 rings (SSSR count). The van der Waals surface area contributed by atoms with E-state index < -0.39 is 0 Å². The lowest BCUT2D eigenvalue weighted by molar-refractivity contribution is -0.139. The summed E-state index contributed by atoms with van der Waals surface area (Å²) in [7, 11) is 0. The normalized spacial score (nSPS) is 27.1. The largest absolute Gasteiger partial charge is 0.377 e. The van der Waals surface area contributed by atoms with E-state index in [-0.39, 0.29) is 6.04 Å². The Bertz CT molecular complexity index is 259. The molecule has 5 heteroatoms. The minimum Gasteiger partial charge on any atom is -0.377 e. The number of carbonyl (C=O) groups excluding carboxylic acids is 1. The Balaban J connectivity index is 1.84. The molecule has 1 unspecified atom stereocenters. The second kappa shape index (κ2) is 7.00. The lowest BCUT2D eigenvalue weighted by atomic mass is 9.97. The van der Waals surface area contributed by atoms with Gasteiger partial charge in [0.15, 0.2) is 0 Å². The number of carbonyl (C=O) groups is 1. The predicted octanol–water partition coefficient (Wildman–Crippen LogP) is 2.14. The van der Waals surface area contributed by atoms with Crippen molar-refractivity contribution in [2.45, 2.75) is 25.3 Å². The molecule has 0 aromatic rings. The summed E-state index contributed by atoms with van der Waals surface area (Å²) in [5, 5.41) is 0.819. The van der Waals surface area contributed by atoms with Crippen molar-refractivity contribution in [3.8, 4) is 0 Å². The first-order chi connectivity index (χ1) is 8.31. The maximum atomic E-state index is 12.3. The Labute approximate surface area is 116 Å². The third-order valence-corrected chi connectivity index (χ3v) is 5.33. The highest BCUT2D eigenvalue weighted by Crippen LogP contribution is 2.26. The Morgan fingerprint density at radius 3 is 2.88 bits per heavy atom. The zero-order valence-corrected chi connectivity index (χ0v) is 12.5. The summed E-state index contributed by atoms with van der Waals surface area (Å²) in [4.78, 5) is 14.3. The van der Waals surface area contributed by atoms with Crippen molar-refractivity contribution in [2.24, 2.45) is 5.92 Å². The van der Waals surface area contributed by atoms with Crippen LogP contribution in [0.4, 0.5) is 0 Å². The van der Waals surface area contributed by atoms with Crippen LogP contribution >= 0.6 is 27.7 Å². The van der Waals surface area contributed by atoms with E-state index in [0.29, 0.717) is 25.0 Å². The average molecular weight is 322 g/mol. The highest BCUT2D eigenvalue weighted by Gasteiger charge is 2.28. The van der Waals surface area contributed by atoms with Crippen molar-refractivity contribution in [3.63, 3.8) is 0 Å². The van der Waals surface area contributed by atoms with E-state index in [2.05, 4.69) is 15.9 Å². The van der Waals surface area contributed by atoms with Gasteiger partial charge in [-0.2, -0.15) is 11.8 Å². The molecule has 0 aliphatic carbocycles. The topological polar surface area (TPSA) is 29.5 Å². The Morgan fingerprint density at radius 1 is 1.41 bits per heavy atom. The summed E-state index contributed by atoms with van der Waals surface area (Å²) in [6, 6.07) is 0.231. The average Bonchev–Trinajstić information content (AvgIpc) is 2.40. The predicted molar refractivity (Wildman–Crippen MR) is 74.8 cm³/mol. The first-order valence-corrected chi connectivity index (χ1v) is 8.60. The quantitative estimate of drug-likeness (QED) is 0.746. The van der Waals surface area contributed by atoms with Crippen molar-refractivity contribution in [2.75, 3.05) is 36.6 Å². The van der Waals surface area contributed by atoms with Gasteiger partial charge in [0.1, 0.15) is 0 Å². The molecular weight excluding hydrogens is 302 g/mol. The lowest BCUT2D eigenvalue weighted by Crippen LogP contribution is -2.50. The molecule has 17 heavy (non-hydrogen) atoms. The molecule has 0 saturated carbocycles. The number of nitrogens with zero attached hydrogens (tertiary/aromatic N) is 1. The number of hydrogen-bond acceptors (Lipinski definition) is 3. The van der Waals surface area contributed by atoms with Crippen LogP contribution in [0.1, 0.15) is 19.3 Å². The monoisotopic (exact) mass is 321 g/mol. The van der Waals surface area contributed by atoms with Crippen LogP contribution in [0.3, 0.4) is 0 Å². The summed E-state index contributed by atoms with van der Waals surface area (Å²) in [6.45, 7) is 2.13. The van der Waals surface area contributed by atoms with E-state index in [1.807, 2.05) is 16.7 Å². The highest BCUT2D eigenvalue weighted by molar-refractivity contribution is 9.09. The Morgan fingerprint density at radius 2 is 2.18 bits per heavy atom. The van der Waals surface area contributed by atoms with Gasteiger partial charge in [-0.25, -0.2) is 0 Å². The minimum absolute atomic E-state index is 0.231. The number of ether oxygens (including phenoxy) is 1. The molecule has 2 heterocycles. The molecule has 2 saturated heterocycles. The van der Waals surface area contributed by atoms with E-state index in [1.165, 1.54) is 24.3 Å². The minimum atomic E-state index is 0.231. The summed E-state index contributed by atoms with van der Waals surface area (Å²) >= 11 is 5.48. The van der Waals surface area contributed by atoms with Gasteiger partial charge in [-0.1, -0.05) is 15.9 Å². The molecule has 2 fully saturated rings.